The number of piperazine rings is 1. The van der Waals surface area contributed by atoms with E-state index in [-0.39, 0.29) is 17.9 Å². The van der Waals surface area contributed by atoms with Crippen LogP contribution in [0.5, 0.6) is 5.75 Å². The summed E-state index contributed by atoms with van der Waals surface area (Å²) < 4.78 is 5.54. The Bertz CT molecular complexity index is 566. The maximum absolute atomic E-state index is 12.7. The van der Waals surface area contributed by atoms with Gasteiger partial charge in [0.1, 0.15) is 5.75 Å². The summed E-state index contributed by atoms with van der Waals surface area (Å²) in [6.45, 7) is 6.55. The molecule has 0 bridgehead atoms. The first kappa shape index (κ1) is 18.3. The highest BCUT2D eigenvalue weighted by Gasteiger charge is 2.26. The second-order valence-corrected chi connectivity index (χ2v) is 6.12. The van der Waals surface area contributed by atoms with Gasteiger partial charge in [-0.2, -0.15) is 0 Å². The Balaban J connectivity index is 1.92. The van der Waals surface area contributed by atoms with Crippen LogP contribution in [0.4, 0.5) is 0 Å². The lowest BCUT2D eigenvalue weighted by atomic mass is 10.1. The molecule has 2 amide bonds. The molecule has 1 aromatic carbocycles. The molecule has 1 fully saturated rings. The van der Waals surface area contributed by atoms with Crippen molar-refractivity contribution in [3.8, 4) is 5.75 Å². The summed E-state index contributed by atoms with van der Waals surface area (Å²) in [6, 6.07) is 7.32. The van der Waals surface area contributed by atoms with Gasteiger partial charge < -0.3 is 20.3 Å². The van der Waals surface area contributed by atoms with Crippen LogP contribution in [-0.2, 0) is 4.79 Å². The van der Waals surface area contributed by atoms with Crippen LogP contribution in [0, 0.1) is 0 Å². The Labute approximate surface area is 143 Å². The fourth-order valence-electron chi connectivity index (χ4n) is 2.76. The average Bonchev–Trinajstić information content (AvgIpc) is 2.60. The van der Waals surface area contributed by atoms with E-state index in [0.717, 1.165) is 0 Å². The van der Waals surface area contributed by atoms with Gasteiger partial charge in [0.25, 0.3) is 5.91 Å². The van der Waals surface area contributed by atoms with Crippen LogP contribution in [0.3, 0.4) is 0 Å². The molecule has 1 aromatic rings. The third kappa shape index (κ3) is 4.71. The predicted octanol–water partition coefficient (Wildman–Crippen LogP) is 1.50. The standard InChI is InChI=1S/C18H27N3O3/c1-3-24-16-7-5-4-6-15(16)18(23)21-12-10-20(11-13-21)17(22)9-8-14(2)19/h4-7,14H,3,8-13,19H2,1-2H3. The lowest BCUT2D eigenvalue weighted by molar-refractivity contribution is -0.132. The molecule has 0 spiro atoms. The minimum Gasteiger partial charge on any atom is -0.493 e. The Morgan fingerprint density at radius 3 is 2.42 bits per heavy atom. The van der Waals surface area contributed by atoms with E-state index >= 15 is 0 Å². The molecule has 2 rings (SSSR count). The molecule has 1 unspecified atom stereocenters. The van der Waals surface area contributed by atoms with E-state index in [1.165, 1.54) is 0 Å². The molecule has 1 aliphatic rings. The summed E-state index contributed by atoms with van der Waals surface area (Å²) in [5.74, 6) is 0.691. The van der Waals surface area contributed by atoms with Crippen molar-refractivity contribution in [1.82, 2.24) is 9.80 Å². The monoisotopic (exact) mass is 333 g/mol. The van der Waals surface area contributed by atoms with Gasteiger partial charge in [-0.15, -0.1) is 0 Å². The van der Waals surface area contributed by atoms with E-state index in [1.54, 1.807) is 11.0 Å². The number of ether oxygens (including phenoxy) is 1. The summed E-state index contributed by atoms with van der Waals surface area (Å²) in [5.41, 5.74) is 6.28. The lowest BCUT2D eigenvalue weighted by Gasteiger charge is -2.35. The van der Waals surface area contributed by atoms with E-state index in [1.807, 2.05) is 36.9 Å². The zero-order chi connectivity index (χ0) is 17.5. The number of amides is 2. The van der Waals surface area contributed by atoms with Gasteiger partial charge in [0.15, 0.2) is 0 Å². The van der Waals surface area contributed by atoms with Crippen LogP contribution in [-0.4, -0.2) is 60.4 Å². The first-order valence-corrected chi connectivity index (χ1v) is 8.57. The fourth-order valence-corrected chi connectivity index (χ4v) is 2.76. The molecular formula is C18H27N3O3. The van der Waals surface area contributed by atoms with Crippen molar-refractivity contribution in [3.05, 3.63) is 29.8 Å². The first-order valence-electron chi connectivity index (χ1n) is 8.57. The summed E-state index contributed by atoms with van der Waals surface area (Å²) >= 11 is 0. The molecule has 132 valence electrons. The smallest absolute Gasteiger partial charge is 0.257 e. The van der Waals surface area contributed by atoms with Gasteiger partial charge in [0.2, 0.25) is 5.91 Å². The maximum atomic E-state index is 12.7. The van der Waals surface area contributed by atoms with Crippen molar-refractivity contribution in [3.63, 3.8) is 0 Å². The summed E-state index contributed by atoms with van der Waals surface area (Å²) in [6.07, 6.45) is 1.17. The summed E-state index contributed by atoms with van der Waals surface area (Å²) in [5, 5.41) is 0. The molecule has 0 radical (unpaired) electrons. The minimum absolute atomic E-state index is 0.0342. The normalized spacial score (nSPS) is 16.0. The minimum atomic E-state index is -0.0401. The molecular weight excluding hydrogens is 306 g/mol. The highest BCUT2D eigenvalue weighted by molar-refractivity contribution is 5.97. The van der Waals surface area contributed by atoms with Gasteiger partial charge in [-0.3, -0.25) is 9.59 Å². The van der Waals surface area contributed by atoms with Gasteiger partial charge in [0.05, 0.1) is 12.2 Å². The summed E-state index contributed by atoms with van der Waals surface area (Å²) in [7, 11) is 0. The lowest BCUT2D eigenvalue weighted by Crippen LogP contribution is -2.50. The number of hydrogen-bond acceptors (Lipinski definition) is 4. The topological polar surface area (TPSA) is 75.9 Å². The average molecular weight is 333 g/mol. The van der Waals surface area contributed by atoms with Gasteiger partial charge in [0, 0.05) is 38.6 Å². The van der Waals surface area contributed by atoms with E-state index in [2.05, 4.69) is 0 Å². The van der Waals surface area contributed by atoms with Crippen LogP contribution in [0.1, 0.15) is 37.0 Å². The van der Waals surface area contributed by atoms with Crippen molar-refractivity contribution in [2.45, 2.75) is 32.7 Å². The molecule has 2 N–H and O–H groups in total. The third-order valence-corrected chi connectivity index (χ3v) is 4.15. The van der Waals surface area contributed by atoms with Crippen molar-refractivity contribution in [1.29, 1.82) is 0 Å². The number of rotatable bonds is 6. The number of nitrogens with two attached hydrogens (primary N) is 1. The van der Waals surface area contributed by atoms with Crippen LogP contribution < -0.4 is 10.5 Å². The number of carbonyl (C=O) groups excluding carboxylic acids is 2. The molecule has 6 heteroatoms. The predicted molar refractivity (Wildman–Crippen MR) is 93.0 cm³/mol. The van der Waals surface area contributed by atoms with E-state index in [4.69, 9.17) is 10.5 Å². The van der Waals surface area contributed by atoms with Crippen LogP contribution in [0.15, 0.2) is 24.3 Å². The molecule has 1 saturated heterocycles. The second kappa shape index (κ2) is 8.68. The zero-order valence-corrected chi connectivity index (χ0v) is 14.5. The molecule has 24 heavy (non-hydrogen) atoms. The molecule has 0 saturated carbocycles. The van der Waals surface area contributed by atoms with Crippen molar-refractivity contribution in [2.75, 3.05) is 32.8 Å². The Kier molecular flexibility index (Phi) is 6.61. The molecule has 1 atom stereocenters. The van der Waals surface area contributed by atoms with Crippen molar-refractivity contribution >= 4 is 11.8 Å². The number of nitrogens with zero attached hydrogens (tertiary/aromatic N) is 2. The zero-order valence-electron chi connectivity index (χ0n) is 14.5. The molecule has 0 aromatic heterocycles. The molecule has 1 heterocycles. The Morgan fingerprint density at radius 2 is 1.79 bits per heavy atom. The Hall–Kier alpha value is -2.08. The van der Waals surface area contributed by atoms with Crippen LogP contribution in [0.2, 0.25) is 0 Å². The number of hydrogen-bond donors (Lipinski definition) is 1. The fraction of sp³-hybridized carbons (Fsp3) is 0.556. The molecule has 1 aliphatic heterocycles. The molecule has 0 aliphatic carbocycles. The van der Waals surface area contributed by atoms with Gasteiger partial charge in [-0.1, -0.05) is 12.1 Å². The highest BCUT2D eigenvalue weighted by atomic mass is 16.5. The third-order valence-electron chi connectivity index (χ3n) is 4.15. The largest absolute Gasteiger partial charge is 0.493 e. The van der Waals surface area contributed by atoms with Crippen molar-refractivity contribution in [2.24, 2.45) is 5.73 Å². The Morgan fingerprint density at radius 1 is 1.17 bits per heavy atom. The number of para-hydroxylation sites is 1. The quantitative estimate of drug-likeness (QED) is 0.856. The van der Waals surface area contributed by atoms with Crippen LogP contribution >= 0.6 is 0 Å². The number of carbonyl (C=O) groups is 2. The van der Waals surface area contributed by atoms with Gasteiger partial charge in [-0.05, 0) is 32.4 Å². The summed E-state index contributed by atoms with van der Waals surface area (Å²) in [4.78, 5) is 28.5. The van der Waals surface area contributed by atoms with E-state index < -0.39 is 0 Å². The molecule has 6 nitrogen and oxygen atoms in total. The SMILES string of the molecule is CCOc1ccccc1C(=O)N1CCN(C(=O)CCC(C)N)CC1. The van der Waals surface area contributed by atoms with Gasteiger partial charge >= 0.3 is 0 Å². The number of benzene rings is 1. The first-order chi connectivity index (χ1) is 11.5. The van der Waals surface area contributed by atoms with Crippen LogP contribution in [0.25, 0.3) is 0 Å². The van der Waals surface area contributed by atoms with Gasteiger partial charge in [-0.25, -0.2) is 0 Å². The maximum Gasteiger partial charge on any atom is 0.257 e. The highest BCUT2D eigenvalue weighted by Crippen LogP contribution is 2.20. The second-order valence-electron chi connectivity index (χ2n) is 6.12. The van der Waals surface area contributed by atoms with E-state index in [0.29, 0.717) is 56.9 Å². The van der Waals surface area contributed by atoms with E-state index in [9.17, 15) is 9.59 Å². The van der Waals surface area contributed by atoms with Crippen molar-refractivity contribution < 1.29 is 14.3 Å².